The standard InChI is InChI=1S/C22H25NO6/c1-16-5-3-4-6-18(16)14-29-22(25)17-7-8-19(20(13-17)26-2)28-15-21(24)23-9-11-27-12-10-23/h3-8,13H,9-12,14-15H2,1-2H3. The molecule has 0 atom stereocenters. The van der Waals surface area contributed by atoms with Crippen molar-refractivity contribution in [2.24, 2.45) is 0 Å². The Morgan fingerprint density at radius 1 is 1.07 bits per heavy atom. The monoisotopic (exact) mass is 399 g/mol. The molecule has 0 N–H and O–H groups in total. The second-order valence-corrected chi connectivity index (χ2v) is 6.65. The third-order valence-corrected chi connectivity index (χ3v) is 4.73. The first-order valence-electron chi connectivity index (χ1n) is 9.46. The Labute approximate surface area is 170 Å². The Morgan fingerprint density at radius 2 is 1.83 bits per heavy atom. The summed E-state index contributed by atoms with van der Waals surface area (Å²) in [6.07, 6.45) is 0. The van der Waals surface area contributed by atoms with Crippen molar-refractivity contribution in [1.82, 2.24) is 4.90 Å². The fraction of sp³-hybridized carbons (Fsp3) is 0.364. The van der Waals surface area contributed by atoms with Crippen molar-refractivity contribution in [2.75, 3.05) is 40.0 Å². The van der Waals surface area contributed by atoms with Crippen LogP contribution in [-0.2, 0) is 20.9 Å². The highest BCUT2D eigenvalue weighted by Gasteiger charge is 2.19. The first-order chi connectivity index (χ1) is 14.1. The number of amides is 1. The predicted octanol–water partition coefficient (Wildman–Crippen LogP) is 2.60. The Kier molecular flexibility index (Phi) is 7.08. The lowest BCUT2D eigenvalue weighted by Crippen LogP contribution is -2.43. The smallest absolute Gasteiger partial charge is 0.338 e. The molecule has 1 aliphatic rings. The molecule has 1 heterocycles. The van der Waals surface area contributed by atoms with E-state index in [1.807, 2.05) is 31.2 Å². The number of benzene rings is 2. The van der Waals surface area contributed by atoms with Crippen molar-refractivity contribution in [2.45, 2.75) is 13.5 Å². The quantitative estimate of drug-likeness (QED) is 0.667. The number of nitrogens with zero attached hydrogens (tertiary/aromatic N) is 1. The van der Waals surface area contributed by atoms with E-state index in [0.717, 1.165) is 11.1 Å². The number of methoxy groups -OCH3 is 1. The maximum absolute atomic E-state index is 12.4. The highest BCUT2D eigenvalue weighted by molar-refractivity contribution is 5.90. The Bertz CT molecular complexity index is 860. The minimum Gasteiger partial charge on any atom is -0.493 e. The normalized spacial score (nSPS) is 13.7. The van der Waals surface area contributed by atoms with Gasteiger partial charge in [0, 0.05) is 13.1 Å². The molecule has 0 unspecified atom stereocenters. The summed E-state index contributed by atoms with van der Waals surface area (Å²) in [7, 11) is 1.48. The first-order valence-corrected chi connectivity index (χ1v) is 9.46. The van der Waals surface area contributed by atoms with Gasteiger partial charge in [0.25, 0.3) is 5.91 Å². The van der Waals surface area contributed by atoms with Crippen LogP contribution in [0.4, 0.5) is 0 Å². The summed E-state index contributed by atoms with van der Waals surface area (Å²) in [5.74, 6) is 0.189. The maximum Gasteiger partial charge on any atom is 0.338 e. The van der Waals surface area contributed by atoms with Crippen LogP contribution in [0.3, 0.4) is 0 Å². The molecule has 0 aliphatic carbocycles. The van der Waals surface area contributed by atoms with Crippen molar-refractivity contribution in [3.63, 3.8) is 0 Å². The lowest BCUT2D eigenvalue weighted by Gasteiger charge is -2.26. The van der Waals surface area contributed by atoms with Crippen LogP contribution in [0.25, 0.3) is 0 Å². The minimum atomic E-state index is -0.456. The summed E-state index contributed by atoms with van der Waals surface area (Å²) in [5, 5.41) is 0. The molecule has 1 saturated heterocycles. The van der Waals surface area contributed by atoms with E-state index in [4.69, 9.17) is 18.9 Å². The fourth-order valence-corrected chi connectivity index (χ4v) is 2.96. The van der Waals surface area contributed by atoms with Crippen molar-refractivity contribution in [1.29, 1.82) is 0 Å². The number of rotatable bonds is 7. The molecule has 0 spiro atoms. The minimum absolute atomic E-state index is 0.104. The molecule has 3 rings (SSSR count). The Morgan fingerprint density at radius 3 is 2.55 bits per heavy atom. The molecular formula is C22H25NO6. The summed E-state index contributed by atoms with van der Waals surface area (Å²) in [6.45, 7) is 4.25. The van der Waals surface area contributed by atoms with Gasteiger partial charge in [-0.15, -0.1) is 0 Å². The van der Waals surface area contributed by atoms with Crippen LogP contribution in [0.15, 0.2) is 42.5 Å². The van der Waals surface area contributed by atoms with E-state index in [1.165, 1.54) is 7.11 Å². The molecule has 7 heteroatoms. The predicted molar refractivity (Wildman–Crippen MR) is 106 cm³/mol. The SMILES string of the molecule is COc1cc(C(=O)OCc2ccccc2C)ccc1OCC(=O)N1CCOCC1. The molecule has 1 fully saturated rings. The average Bonchev–Trinajstić information content (AvgIpc) is 2.77. The number of esters is 1. The zero-order valence-corrected chi connectivity index (χ0v) is 16.7. The van der Waals surface area contributed by atoms with E-state index < -0.39 is 5.97 Å². The molecule has 0 saturated carbocycles. The molecule has 2 aromatic rings. The van der Waals surface area contributed by atoms with Crippen molar-refractivity contribution < 1.29 is 28.5 Å². The lowest BCUT2D eigenvalue weighted by atomic mass is 10.1. The Balaban J connectivity index is 1.59. The van der Waals surface area contributed by atoms with E-state index >= 15 is 0 Å². The van der Waals surface area contributed by atoms with Gasteiger partial charge >= 0.3 is 5.97 Å². The number of hydrogen-bond donors (Lipinski definition) is 0. The number of ether oxygens (including phenoxy) is 4. The van der Waals surface area contributed by atoms with Crippen molar-refractivity contribution >= 4 is 11.9 Å². The van der Waals surface area contributed by atoms with Gasteiger partial charge in [0.15, 0.2) is 18.1 Å². The molecule has 0 aromatic heterocycles. The van der Waals surface area contributed by atoms with E-state index in [2.05, 4.69) is 0 Å². The van der Waals surface area contributed by atoms with Gasteiger partial charge in [-0.05, 0) is 36.2 Å². The van der Waals surface area contributed by atoms with Crippen LogP contribution >= 0.6 is 0 Å². The summed E-state index contributed by atoms with van der Waals surface area (Å²) in [4.78, 5) is 26.3. The number of carbonyl (C=O) groups excluding carboxylic acids is 2. The first kappa shape index (κ1) is 20.7. The summed E-state index contributed by atoms with van der Waals surface area (Å²) < 4.78 is 21.6. The maximum atomic E-state index is 12.4. The van der Waals surface area contributed by atoms with Crippen LogP contribution < -0.4 is 9.47 Å². The summed E-state index contributed by atoms with van der Waals surface area (Å²) >= 11 is 0. The number of aryl methyl sites for hydroxylation is 1. The van der Waals surface area contributed by atoms with Gasteiger partial charge in [-0.2, -0.15) is 0 Å². The summed E-state index contributed by atoms with van der Waals surface area (Å²) in [5.41, 5.74) is 2.36. The highest BCUT2D eigenvalue weighted by atomic mass is 16.5. The number of hydrogen-bond acceptors (Lipinski definition) is 6. The van der Waals surface area contributed by atoms with Crippen LogP contribution in [0.2, 0.25) is 0 Å². The van der Waals surface area contributed by atoms with E-state index in [-0.39, 0.29) is 19.1 Å². The molecule has 0 radical (unpaired) electrons. The van der Waals surface area contributed by atoms with Crippen LogP contribution in [-0.4, -0.2) is 56.8 Å². The second-order valence-electron chi connectivity index (χ2n) is 6.65. The molecule has 0 bridgehead atoms. The molecular weight excluding hydrogens is 374 g/mol. The zero-order chi connectivity index (χ0) is 20.6. The van der Waals surface area contributed by atoms with Crippen LogP contribution in [0.5, 0.6) is 11.5 Å². The largest absolute Gasteiger partial charge is 0.493 e. The number of morpholine rings is 1. The zero-order valence-electron chi connectivity index (χ0n) is 16.7. The summed E-state index contributed by atoms with van der Waals surface area (Å²) in [6, 6.07) is 12.5. The Hall–Kier alpha value is -3.06. The lowest BCUT2D eigenvalue weighted by molar-refractivity contribution is -0.137. The molecule has 7 nitrogen and oxygen atoms in total. The van der Waals surface area contributed by atoms with E-state index in [1.54, 1.807) is 23.1 Å². The van der Waals surface area contributed by atoms with Gasteiger partial charge in [0.1, 0.15) is 6.61 Å². The van der Waals surface area contributed by atoms with Gasteiger partial charge in [-0.25, -0.2) is 4.79 Å². The van der Waals surface area contributed by atoms with Crippen molar-refractivity contribution in [3.05, 3.63) is 59.2 Å². The van der Waals surface area contributed by atoms with Crippen LogP contribution in [0, 0.1) is 6.92 Å². The highest BCUT2D eigenvalue weighted by Crippen LogP contribution is 2.28. The molecule has 154 valence electrons. The third-order valence-electron chi connectivity index (χ3n) is 4.73. The van der Waals surface area contributed by atoms with Gasteiger partial charge in [0.05, 0.1) is 25.9 Å². The van der Waals surface area contributed by atoms with Crippen LogP contribution in [0.1, 0.15) is 21.5 Å². The van der Waals surface area contributed by atoms with Gasteiger partial charge < -0.3 is 23.8 Å². The second kappa shape index (κ2) is 9.93. The van der Waals surface area contributed by atoms with E-state index in [9.17, 15) is 9.59 Å². The van der Waals surface area contributed by atoms with Crippen molar-refractivity contribution in [3.8, 4) is 11.5 Å². The topological polar surface area (TPSA) is 74.3 Å². The van der Waals surface area contributed by atoms with E-state index in [0.29, 0.717) is 43.4 Å². The van der Waals surface area contributed by atoms with Gasteiger partial charge in [0.2, 0.25) is 0 Å². The molecule has 2 aromatic carbocycles. The third kappa shape index (κ3) is 5.48. The molecule has 29 heavy (non-hydrogen) atoms. The number of carbonyl (C=O) groups is 2. The average molecular weight is 399 g/mol. The fourth-order valence-electron chi connectivity index (χ4n) is 2.96. The van der Waals surface area contributed by atoms with Gasteiger partial charge in [-0.3, -0.25) is 4.79 Å². The molecule has 1 aliphatic heterocycles. The van der Waals surface area contributed by atoms with Gasteiger partial charge in [-0.1, -0.05) is 24.3 Å². The molecule has 1 amide bonds.